The topological polar surface area (TPSA) is 72.2 Å². The van der Waals surface area contributed by atoms with Gasteiger partial charge in [0.15, 0.2) is 5.82 Å². The summed E-state index contributed by atoms with van der Waals surface area (Å²) in [6, 6.07) is 2.14. The van der Waals surface area contributed by atoms with Gasteiger partial charge in [0.05, 0.1) is 5.02 Å². The molecule has 1 fully saturated rings. The van der Waals surface area contributed by atoms with Crippen LogP contribution in [0, 0.1) is 5.82 Å². The lowest BCUT2D eigenvalue weighted by atomic mass is 9.94. The number of hydrogen-bond donors (Lipinski definition) is 2. The molecule has 1 saturated carbocycles. The van der Waals surface area contributed by atoms with Gasteiger partial charge >= 0.3 is 0 Å². The molecule has 0 atom stereocenters. The zero-order valence-electron chi connectivity index (χ0n) is 8.91. The largest absolute Gasteiger partial charge is 0.399 e. The standard InChI is InChI=1S/C10H12ClFN2O2S/c11-8-4-6(13)5-9(10(8)12)17(15,16)14-7-2-1-3-7/h4-5,7,14H,1-3,13H2. The van der Waals surface area contributed by atoms with E-state index in [4.69, 9.17) is 17.3 Å². The van der Waals surface area contributed by atoms with Gasteiger partial charge in [0, 0.05) is 11.7 Å². The molecule has 0 spiro atoms. The highest BCUT2D eigenvalue weighted by molar-refractivity contribution is 7.89. The molecule has 7 heteroatoms. The fourth-order valence-corrected chi connectivity index (χ4v) is 3.31. The summed E-state index contributed by atoms with van der Waals surface area (Å²) in [4.78, 5) is -0.491. The number of nitrogen functional groups attached to an aromatic ring is 1. The lowest BCUT2D eigenvalue weighted by molar-refractivity contribution is 0.383. The molecule has 4 nitrogen and oxygen atoms in total. The van der Waals surface area contributed by atoms with Crippen LogP contribution in [0.2, 0.25) is 5.02 Å². The molecule has 94 valence electrons. The van der Waals surface area contributed by atoms with Gasteiger partial charge in [0.2, 0.25) is 10.0 Å². The van der Waals surface area contributed by atoms with Gasteiger partial charge in [0.25, 0.3) is 0 Å². The van der Waals surface area contributed by atoms with Crippen molar-refractivity contribution >= 4 is 27.3 Å². The minimum Gasteiger partial charge on any atom is -0.399 e. The lowest BCUT2D eigenvalue weighted by Gasteiger charge is -2.26. The van der Waals surface area contributed by atoms with Crippen molar-refractivity contribution < 1.29 is 12.8 Å². The van der Waals surface area contributed by atoms with E-state index in [2.05, 4.69) is 4.72 Å². The average Bonchev–Trinajstić information content (AvgIpc) is 2.17. The first-order chi connectivity index (χ1) is 7.90. The Labute approximate surface area is 104 Å². The van der Waals surface area contributed by atoms with Crippen LogP contribution in [0.15, 0.2) is 17.0 Å². The highest BCUT2D eigenvalue weighted by atomic mass is 35.5. The van der Waals surface area contributed by atoms with Gasteiger partial charge < -0.3 is 5.73 Å². The van der Waals surface area contributed by atoms with Crippen LogP contribution in [0.4, 0.5) is 10.1 Å². The van der Waals surface area contributed by atoms with Crippen molar-refractivity contribution in [2.45, 2.75) is 30.2 Å². The number of halogens is 2. The van der Waals surface area contributed by atoms with Gasteiger partial charge in [0.1, 0.15) is 4.90 Å². The zero-order chi connectivity index (χ0) is 12.6. The quantitative estimate of drug-likeness (QED) is 0.830. The van der Waals surface area contributed by atoms with Gasteiger partial charge in [-0.3, -0.25) is 0 Å². The number of nitrogens with one attached hydrogen (secondary N) is 1. The summed E-state index contributed by atoms with van der Waals surface area (Å²) < 4.78 is 39.9. The molecule has 0 unspecified atom stereocenters. The average molecular weight is 279 g/mol. The number of rotatable bonds is 3. The first kappa shape index (κ1) is 12.6. The monoisotopic (exact) mass is 278 g/mol. The van der Waals surface area contributed by atoms with Gasteiger partial charge in [-0.2, -0.15) is 0 Å². The molecule has 1 aliphatic rings. The summed E-state index contributed by atoms with van der Waals surface area (Å²) in [7, 11) is -3.89. The smallest absolute Gasteiger partial charge is 0.243 e. The third kappa shape index (κ3) is 2.53. The Morgan fingerprint density at radius 2 is 2.06 bits per heavy atom. The second-order valence-electron chi connectivity index (χ2n) is 4.06. The Kier molecular flexibility index (Phi) is 3.29. The van der Waals surface area contributed by atoms with E-state index in [1.807, 2.05) is 0 Å². The molecular formula is C10H12ClFN2O2S. The van der Waals surface area contributed by atoms with Crippen molar-refractivity contribution in [2.24, 2.45) is 0 Å². The summed E-state index contributed by atoms with van der Waals surface area (Å²) in [5.41, 5.74) is 5.58. The second kappa shape index (κ2) is 4.44. The van der Waals surface area contributed by atoms with Crippen LogP contribution < -0.4 is 10.5 Å². The Morgan fingerprint density at radius 3 is 2.59 bits per heavy atom. The van der Waals surface area contributed by atoms with Crippen molar-refractivity contribution in [2.75, 3.05) is 5.73 Å². The third-order valence-electron chi connectivity index (χ3n) is 2.73. The summed E-state index contributed by atoms with van der Waals surface area (Å²) >= 11 is 5.56. The van der Waals surface area contributed by atoms with E-state index in [9.17, 15) is 12.8 Å². The van der Waals surface area contributed by atoms with Crippen LogP contribution >= 0.6 is 11.6 Å². The Balaban J connectivity index is 2.38. The molecule has 2 rings (SSSR count). The molecule has 3 N–H and O–H groups in total. The van der Waals surface area contributed by atoms with E-state index in [0.29, 0.717) is 0 Å². The van der Waals surface area contributed by atoms with Crippen LogP contribution in [0.3, 0.4) is 0 Å². The van der Waals surface area contributed by atoms with Crippen LogP contribution in [0.1, 0.15) is 19.3 Å². The number of nitrogens with two attached hydrogens (primary N) is 1. The zero-order valence-corrected chi connectivity index (χ0v) is 10.5. The molecule has 17 heavy (non-hydrogen) atoms. The summed E-state index contributed by atoms with van der Waals surface area (Å²) in [5.74, 6) is -0.965. The number of benzene rings is 1. The number of hydrogen-bond acceptors (Lipinski definition) is 3. The fraction of sp³-hybridized carbons (Fsp3) is 0.400. The molecule has 0 aromatic heterocycles. The Bertz CT molecular complexity index is 543. The van der Waals surface area contributed by atoms with Gasteiger partial charge in [-0.1, -0.05) is 18.0 Å². The molecule has 1 aliphatic carbocycles. The van der Waals surface area contributed by atoms with Crippen LogP contribution in [-0.4, -0.2) is 14.5 Å². The Hall–Kier alpha value is -0.850. The molecular weight excluding hydrogens is 267 g/mol. The van der Waals surface area contributed by atoms with Gasteiger partial charge in [-0.05, 0) is 25.0 Å². The maximum absolute atomic E-state index is 13.6. The Morgan fingerprint density at radius 1 is 1.41 bits per heavy atom. The minimum absolute atomic E-state index is 0.111. The molecule has 0 heterocycles. The maximum atomic E-state index is 13.6. The minimum atomic E-state index is -3.89. The molecule has 1 aromatic carbocycles. The molecule has 0 saturated heterocycles. The fourth-order valence-electron chi connectivity index (χ4n) is 1.59. The van der Waals surface area contributed by atoms with Crippen molar-refractivity contribution in [3.05, 3.63) is 23.0 Å². The molecule has 0 bridgehead atoms. The third-order valence-corrected chi connectivity index (χ3v) is 4.53. The summed E-state index contributed by atoms with van der Waals surface area (Å²) in [5, 5.41) is -0.293. The van der Waals surface area contributed by atoms with E-state index in [1.165, 1.54) is 6.07 Å². The van der Waals surface area contributed by atoms with Crippen LogP contribution in [0.25, 0.3) is 0 Å². The molecule has 1 aromatic rings. The normalized spacial score (nSPS) is 16.8. The van der Waals surface area contributed by atoms with Gasteiger partial charge in [-0.15, -0.1) is 0 Å². The maximum Gasteiger partial charge on any atom is 0.243 e. The second-order valence-corrected chi connectivity index (χ2v) is 6.15. The van der Waals surface area contributed by atoms with Crippen LogP contribution in [-0.2, 0) is 10.0 Å². The SMILES string of the molecule is Nc1cc(Cl)c(F)c(S(=O)(=O)NC2CCC2)c1. The van der Waals surface area contributed by atoms with Crippen molar-refractivity contribution in [1.82, 2.24) is 4.72 Å². The van der Waals surface area contributed by atoms with Crippen molar-refractivity contribution in [1.29, 1.82) is 0 Å². The van der Waals surface area contributed by atoms with E-state index in [0.717, 1.165) is 25.3 Å². The lowest BCUT2D eigenvalue weighted by Crippen LogP contribution is -2.39. The highest BCUT2D eigenvalue weighted by Crippen LogP contribution is 2.27. The summed E-state index contributed by atoms with van der Waals surface area (Å²) in [6.45, 7) is 0. The molecule has 0 aliphatic heterocycles. The predicted molar refractivity (Wildman–Crippen MR) is 63.8 cm³/mol. The number of anilines is 1. The molecule has 0 amide bonds. The van der Waals surface area contributed by atoms with Crippen LogP contribution in [0.5, 0.6) is 0 Å². The summed E-state index contributed by atoms with van der Waals surface area (Å²) in [6.07, 6.45) is 2.53. The molecule has 0 radical (unpaired) electrons. The van der Waals surface area contributed by atoms with E-state index in [1.54, 1.807) is 0 Å². The van der Waals surface area contributed by atoms with E-state index < -0.39 is 20.7 Å². The van der Waals surface area contributed by atoms with E-state index in [-0.39, 0.29) is 16.8 Å². The van der Waals surface area contributed by atoms with Gasteiger partial charge in [-0.25, -0.2) is 17.5 Å². The number of sulfonamides is 1. The first-order valence-electron chi connectivity index (χ1n) is 5.17. The highest BCUT2D eigenvalue weighted by Gasteiger charge is 2.27. The first-order valence-corrected chi connectivity index (χ1v) is 7.03. The van der Waals surface area contributed by atoms with E-state index >= 15 is 0 Å². The van der Waals surface area contributed by atoms with Crippen molar-refractivity contribution in [3.63, 3.8) is 0 Å². The predicted octanol–water partition coefficient (Wildman–Crippen LogP) is 1.89. The van der Waals surface area contributed by atoms with Crippen molar-refractivity contribution in [3.8, 4) is 0 Å².